The van der Waals surface area contributed by atoms with E-state index in [1.807, 2.05) is 0 Å². The van der Waals surface area contributed by atoms with Gasteiger partial charge in [0.05, 0.1) is 21.7 Å². The summed E-state index contributed by atoms with van der Waals surface area (Å²) in [6, 6.07) is 11.0. The number of hydrogen-bond acceptors (Lipinski definition) is 1. The first-order valence-electron chi connectivity index (χ1n) is 5.32. The highest BCUT2D eigenvalue weighted by atomic mass is 35.5. The molecule has 0 saturated heterocycles. The van der Waals surface area contributed by atoms with Gasteiger partial charge in [0.1, 0.15) is 5.82 Å². The Bertz CT molecular complexity index is 774. The zero-order valence-electron chi connectivity index (χ0n) is 9.15. The van der Waals surface area contributed by atoms with E-state index in [0.29, 0.717) is 21.7 Å². The quantitative estimate of drug-likeness (QED) is 0.719. The first-order valence-corrected chi connectivity index (χ1v) is 5.70. The van der Waals surface area contributed by atoms with Gasteiger partial charge in [-0.2, -0.15) is 0 Å². The third-order valence-electron chi connectivity index (χ3n) is 2.75. The number of nitrogens with zero attached hydrogens (tertiary/aromatic N) is 1. The van der Waals surface area contributed by atoms with Crippen LogP contribution in [0.4, 0.5) is 4.39 Å². The molecule has 2 aromatic carbocycles. The lowest BCUT2D eigenvalue weighted by atomic mass is 10.3. The highest BCUT2D eigenvalue weighted by Crippen LogP contribution is 2.22. The van der Waals surface area contributed by atoms with Crippen LogP contribution in [0.2, 0.25) is 5.02 Å². The molecule has 0 saturated carbocycles. The molecule has 0 aliphatic carbocycles. The van der Waals surface area contributed by atoms with Crippen LogP contribution >= 0.6 is 11.6 Å². The van der Waals surface area contributed by atoms with Gasteiger partial charge >= 0.3 is 5.69 Å². The van der Waals surface area contributed by atoms with E-state index in [2.05, 4.69) is 4.98 Å². The van der Waals surface area contributed by atoms with Crippen molar-refractivity contribution in [2.75, 3.05) is 0 Å². The standard InChI is InChI=1S/C13H8ClFN2O/c14-10-2-1-3-11-12(10)16-13(18)17(11)9-6-4-8(15)5-7-9/h1-7H,(H,16,18). The second-order valence-corrected chi connectivity index (χ2v) is 4.28. The summed E-state index contributed by atoms with van der Waals surface area (Å²) < 4.78 is 14.3. The van der Waals surface area contributed by atoms with E-state index in [9.17, 15) is 9.18 Å². The molecule has 5 heteroatoms. The number of hydrogen-bond donors (Lipinski definition) is 1. The molecular formula is C13H8ClFN2O. The Labute approximate surface area is 106 Å². The number of aromatic amines is 1. The van der Waals surface area contributed by atoms with Crippen molar-refractivity contribution in [3.05, 3.63) is 63.8 Å². The summed E-state index contributed by atoms with van der Waals surface area (Å²) in [5, 5.41) is 0.477. The minimum Gasteiger partial charge on any atom is -0.304 e. The Morgan fingerprint density at radius 3 is 2.56 bits per heavy atom. The van der Waals surface area contributed by atoms with Gasteiger partial charge in [0, 0.05) is 0 Å². The fourth-order valence-electron chi connectivity index (χ4n) is 1.94. The third kappa shape index (κ3) is 1.62. The maximum atomic E-state index is 12.9. The van der Waals surface area contributed by atoms with Crippen molar-refractivity contribution in [1.29, 1.82) is 0 Å². The summed E-state index contributed by atoms with van der Waals surface area (Å²) in [5.74, 6) is -0.343. The number of para-hydroxylation sites is 1. The van der Waals surface area contributed by atoms with Crippen LogP contribution in [0.25, 0.3) is 16.7 Å². The molecule has 0 aliphatic rings. The maximum Gasteiger partial charge on any atom is 0.331 e. The van der Waals surface area contributed by atoms with E-state index < -0.39 is 0 Å². The fourth-order valence-corrected chi connectivity index (χ4v) is 2.16. The molecule has 1 heterocycles. The van der Waals surface area contributed by atoms with Crippen molar-refractivity contribution in [3.8, 4) is 5.69 Å². The smallest absolute Gasteiger partial charge is 0.304 e. The van der Waals surface area contributed by atoms with Gasteiger partial charge in [-0.3, -0.25) is 4.57 Å². The van der Waals surface area contributed by atoms with Crippen LogP contribution in [-0.4, -0.2) is 9.55 Å². The zero-order chi connectivity index (χ0) is 12.7. The maximum absolute atomic E-state index is 12.9. The van der Waals surface area contributed by atoms with E-state index in [-0.39, 0.29) is 11.5 Å². The molecule has 1 aromatic heterocycles. The summed E-state index contributed by atoms with van der Waals surface area (Å²) in [6.07, 6.45) is 0. The predicted octanol–water partition coefficient (Wildman–Crippen LogP) is 3.11. The molecule has 3 nitrogen and oxygen atoms in total. The van der Waals surface area contributed by atoms with Crippen LogP contribution in [0.3, 0.4) is 0 Å². The molecular weight excluding hydrogens is 255 g/mol. The number of halogens is 2. The van der Waals surface area contributed by atoms with Gasteiger partial charge in [-0.1, -0.05) is 17.7 Å². The predicted molar refractivity (Wildman–Crippen MR) is 68.9 cm³/mol. The average molecular weight is 263 g/mol. The van der Waals surface area contributed by atoms with Gasteiger partial charge < -0.3 is 4.98 Å². The molecule has 0 spiro atoms. The van der Waals surface area contributed by atoms with Crippen molar-refractivity contribution in [2.45, 2.75) is 0 Å². The second-order valence-electron chi connectivity index (χ2n) is 3.88. The van der Waals surface area contributed by atoms with Gasteiger partial charge in [0.15, 0.2) is 0 Å². The third-order valence-corrected chi connectivity index (χ3v) is 3.07. The van der Waals surface area contributed by atoms with Crippen LogP contribution in [0.5, 0.6) is 0 Å². The molecule has 18 heavy (non-hydrogen) atoms. The van der Waals surface area contributed by atoms with Gasteiger partial charge in [0.25, 0.3) is 0 Å². The van der Waals surface area contributed by atoms with Gasteiger partial charge in [-0.05, 0) is 36.4 Å². The molecule has 1 N–H and O–H groups in total. The van der Waals surface area contributed by atoms with Crippen molar-refractivity contribution in [2.24, 2.45) is 0 Å². The number of benzene rings is 2. The minimum atomic E-state index is -0.343. The van der Waals surface area contributed by atoms with Crippen LogP contribution in [0.1, 0.15) is 0 Å². The van der Waals surface area contributed by atoms with Crippen molar-refractivity contribution in [1.82, 2.24) is 9.55 Å². The molecule has 0 radical (unpaired) electrons. The number of fused-ring (bicyclic) bond motifs is 1. The molecule has 0 unspecified atom stereocenters. The largest absolute Gasteiger partial charge is 0.331 e. The highest BCUT2D eigenvalue weighted by Gasteiger charge is 2.10. The summed E-state index contributed by atoms with van der Waals surface area (Å²) >= 11 is 6.01. The van der Waals surface area contributed by atoms with Gasteiger partial charge in [-0.25, -0.2) is 9.18 Å². The number of aromatic nitrogens is 2. The number of nitrogens with one attached hydrogen (secondary N) is 1. The van der Waals surface area contributed by atoms with E-state index in [1.54, 1.807) is 30.3 Å². The molecule has 0 atom stereocenters. The van der Waals surface area contributed by atoms with Crippen LogP contribution in [-0.2, 0) is 0 Å². The SMILES string of the molecule is O=c1[nH]c2c(Cl)cccc2n1-c1ccc(F)cc1. The lowest BCUT2D eigenvalue weighted by Crippen LogP contribution is -2.14. The van der Waals surface area contributed by atoms with Crippen molar-refractivity contribution < 1.29 is 4.39 Å². The average Bonchev–Trinajstić information content (AvgIpc) is 2.69. The van der Waals surface area contributed by atoms with E-state index in [0.717, 1.165) is 0 Å². The first-order chi connectivity index (χ1) is 8.66. The Kier molecular flexibility index (Phi) is 2.45. The van der Waals surface area contributed by atoms with E-state index in [4.69, 9.17) is 11.6 Å². The number of H-pyrrole nitrogens is 1. The fraction of sp³-hybridized carbons (Fsp3) is 0. The normalized spacial score (nSPS) is 11.0. The summed E-state index contributed by atoms with van der Waals surface area (Å²) in [5.41, 5.74) is 1.53. The second kappa shape index (κ2) is 3.99. The highest BCUT2D eigenvalue weighted by molar-refractivity contribution is 6.34. The van der Waals surface area contributed by atoms with Crippen molar-refractivity contribution in [3.63, 3.8) is 0 Å². The minimum absolute atomic E-state index is 0.301. The molecule has 3 rings (SSSR count). The van der Waals surface area contributed by atoms with Crippen LogP contribution in [0.15, 0.2) is 47.3 Å². The topological polar surface area (TPSA) is 37.8 Å². The number of rotatable bonds is 1. The Hall–Kier alpha value is -2.07. The Morgan fingerprint density at radius 1 is 1.11 bits per heavy atom. The lowest BCUT2D eigenvalue weighted by molar-refractivity contribution is 0.627. The monoisotopic (exact) mass is 262 g/mol. The summed E-state index contributed by atoms with van der Waals surface area (Å²) in [7, 11) is 0. The Morgan fingerprint density at radius 2 is 1.83 bits per heavy atom. The van der Waals surface area contributed by atoms with E-state index in [1.165, 1.54) is 16.7 Å². The lowest BCUT2D eigenvalue weighted by Gasteiger charge is -2.03. The molecule has 0 amide bonds. The molecule has 3 aromatic rings. The van der Waals surface area contributed by atoms with Gasteiger partial charge in [-0.15, -0.1) is 0 Å². The number of imidazole rings is 1. The van der Waals surface area contributed by atoms with Crippen LogP contribution in [0, 0.1) is 5.82 Å². The summed E-state index contributed by atoms with van der Waals surface area (Å²) in [6.45, 7) is 0. The van der Waals surface area contributed by atoms with Crippen molar-refractivity contribution >= 4 is 22.6 Å². The zero-order valence-corrected chi connectivity index (χ0v) is 9.91. The van der Waals surface area contributed by atoms with Crippen LogP contribution < -0.4 is 5.69 Å². The first kappa shape index (κ1) is 11.0. The molecule has 0 bridgehead atoms. The van der Waals surface area contributed by atoms with E-state index >= 15 is 0 Å². The molecule has 90 valence electrons. The Balaban J connectivity index is 2.35. The van der Waals surface area contributed by atoms with Gasteiger partial charge in [0.2, 0.25) is 0 Å². The molecule has 0 aliphatic heterocycles. The molecule has 0 fully saturated rings. The summed E-state index contributed by atoms with van der Waals surface area (Å²) in [4.78, 5) is 14.6.